The first-order chi connectivity index (χ1) is 6.31. The van der Waals surface area contributed by atoms with Crippen LogP contribution in [-0.4, -0.2) is 12.1 Å². The van der Waals surface area contributed by atoms with E-state index in [0.29, 0.717) is 12.7 Å². The van der Waals surface area contributed by atoms with Gasteiger partial charge in [-0.15, -0.1) is 0 Å². The van der Waals surface area contributed by atoms with Crippen LogP contribution in [0.5, 0.6) is 0 Å². The lowest BCUT2D eigenvalue weighted by atomic mass is 10.1. The zero-order chi connectivity index (χ0) is 9.94. The standard InChI is InChI=1S/C11H20O2/c1-2-3-4-5-6-7-8-11(13)9-10-12/h10H,2-9H2,1H3. The van der Waals surface area contributed by atoms with E-state index in [1.807, 2.05) is 0 Å². The molecule has 0 atom stereocenters. The fraction of sp³-hybridized carbons (Fsp3) is 0.818. The molecule has 13 heavy (non-hydrogen) atoms. The van der Waals surface area contributed by atoms with Crippen molar-refractivity contribution in [3.63, 3.8) is 0 Å². The van der Waals surface area contributed by atoms with Crippen molar-refractivity contribution in [3.8, 4) is 0 Å². The summed E-state index contributed by atoms with van der Waals surface area (Å²) in [5, 5.41) is 0. The molecule has 0 aliphatic carbocycles. The molecule has 0 bridgehead atoms. The molecule has 0 aliphatic rings. The van der Waals surface area contributed by atoms with Crippen molar-refractivity contribution >= 4 is 12.1 Å². The van der Waals surface area contributed by atoms with E-state index >= 15 is 0 Å². The van der Waals surface area contributed by atoms with E-state index in [-0.39, 0.29) is 12.2 Å². The average molecular weight is 184 g/mol. The number of carbonyl (C=O) groups is 2. The normalized spacial score (nSPS) is 9.92. The van der Waals surface area contributed by atoms with Gasteiger partial charge in [0.2, 0.25) is 0 Å². The number of Topliss-reactive ketones (excluding diaryl/α,β-unsaturated/α-hetero) is 1. The van der Waals surface area contributed by atoms with Crippen molar-refractivity contribution in [2.24, 2.45) is 0 Å². The zero-order valence-corrected chi connectivity index (χ0v) is 8.55. The highest BCUT2D eigenvalue weighted by Gasteiger charge is 1.99. The molecular weight excluding hydrogens is 164 g/mol. The smallest absolute Gasteiger partial charge is 0.139 e. The summed E-state index contributed by atoms with van der Waals surface area (Å²) in [6, 6.07) is 0. The molecule has 2 heteroatoms. The van der Waals surface area contributed by atoms with E-state index in [4.69, 9.17) is 0 Å². The molecular formula is C11H20O2. The highest BCUT2D eigenvalue weighted by Crippen LogP contribution is 2.07. The largest absolute Gasteiger partial charge is 0.303 e. The van der Waals surface area contributed by atoms with Gasteiger partial charge in [0.15, 0.2) is 0 Å². The van der Waals surface area contributed by atoms with Crippen molar-refractivity contribution in [2.45, 2.75) is 58.3 Å². The fourth-order valence-corrected chi connectivity index (χ4v) is 1.30. The van der Waals surface area contributed by atoms with Crippen LogP contribution in [0.4, 0.5) is 0 Å². The molecule has 0 fully saturated rings. The lowest BCUT2D eigenvalue weighted by Crippen LogP contribution is -1.97. The molecule has 0 rings (SSSR count). The molecule has 0 radical (unpaired) electrons. The van der Waals surface area contributed by atoms with Crippen LogP contribution in [0, 0.1) is 0 Å². The van der Waals surface area contributed by atoms with E-state index in [9.17, 15) is 9.59 Å². The lowest BCUT2D eigenvalue weighted by Gasteiger charge is -1.98. The summed E-state index contributed by atoms with van der Waals surface area (Å²) in [4.78, 5) is 20.9. The second-order valence-corrected chi connectivity index (χ2v) is 3.43. The first kappa shape index (κ1) is 12.3. The molecule has 2 nitrogen and oxygen atoms in total. The Morgan fingerprint density at radius 3 is 2.31 bits per heavy atom. The summed E-state index contributed by atoms with van der Waals surface area (Å²) in [5.74, 6) is 0.0884. The Morgan fingerprint density at radius 1 is 1.08 bits per heavy atom. The van der Waals surface area contributed by atoms with Crippen molar-refractivity contribution in [1.82, 2.24) is 0 Å². The van der Waals surface area contributed by atoms with Gasteiger partial charge in [0, 0.05) is 6.42 Å². The molecule has 0 amide bonds. The Labute approximate surface area is 80.7 Å². The van der Waals surface area contributed by atoms with Crippen molar-refractivity contribution < 1.29 is 9.59 Å². The Kier molecular flexibility index (Phi) is 8.95. The van der Waals surface area contributed by atoms with Gasteiger partial charge in [-0.05, 0) is 6.42 Å². The topological polar surface area (TPSA) is 34.1 Å². The molecule has 0 aromatic heterocycles. The number of hydrogen-bond acceptors (Lipinski definition) is 2. The van der Waals surface area contributed by atoms with Crippen LogP contribution in [0.25, 0.3) is 0 Å². The van der Waals surface area contributed by atoms with Crippen molar-refractivity contribution in [2.75, 3.05) is 0 Å². The lowest BCUT2D eigenvalue weighted by molar-refractivity contribution is -0.122. The van der Waals surface area contributed by atoms with Gasteiger partial charge < -0.3 is 4.79 Å². The van der Waals surface area contributed by atoms with Crippen LogP contribution in [-0.2, 0) is 9.59 Å². The van der Waals surface area contributed by atoms with Crippen LogP contribution in [0.3, 0.4) is 0 Å². The second-order valence-electron chi connectivity index (χ2n) is 3.43. The number of ketones is 1. The Hall–Kier alpha value is -0.660. The van der Waals surface area contributed by atoms with Crippen LogP contribution < -0.4 is 0 Å². The monoisotopic (exact) mass is 184 g/mol. The maximum Gasteiger partial charge on any atom is 0.139 e. The molecule has 0 aliphatic heterocycles. The van der Waals surface area contributed by atoms with Crippen molar-refractivity contribution in [1.29, 1.82) is 0 Å². The molecule has 0 aromatic carbocycles. The minimum absolute atomic E-state index is 0.0884. The Bertz CT molecular complexity index is 141. The van der Waals surface area contributed by atoms with Gasteiger partial charge in [-0.2, -0.15) is 0 Å². The summed E-state index contributed by atoms with van der Waals surface area (Å²) in [7, 11) is 0. The van der Waals surface area contributed by atoms with Gasteiger partial charge in [0.25, 0.3) is 0 Å². The van der Waals surface area contributed by atoms with Crippen molar-refractivity contribution in [3.05, 3.63) is 0 Å². The molecule has 0 unspecified atom stereocenters. The molecule has 0 N–H and O–H groups in total. The maximum absolute atomic E-state index is 10.9. The minimum Gasteiger partial charge on any atom is -0.303 e. The third kappa shape index (κ3) is 9.25. The summed E-state index contributed by atoms with van der Waals surface area (Å²) in [5.41, 5.74) is 0. The number of aldehydes is 1. The Morgan fingerprint density at radius 2 is 1.69 bits per heavy atom. The quantitative estimate of drug-likeness (QED) is 0.313. The molecule has 76 valence electrons. The number of rotatable bonds is 9. The first-order valence-electron chi connectivity index (χ1n) is 5.26. The number of unbranched alkanes of at least 4 members (excludes halogenated alkanes) is 5. The van der Waals surface area contributed by atoms with Crippen LogP contribution >= 0.6 is 0 Å². The predicted molar refractivity (Wildman–Crippen MR) is 53.7 cm³/mol. The summed E-state index contributed by atoms with van der Waals surface area (Å²) < 4.78 is 0. The molecule has 0 saturated carbocycles. The van der Waals surface area contributed by atoms with Gasteiger partial charge in [-0.25, -0.2) is 0 Å². The van der Waals surface area contributed by atoms with Gasteiger partial charge in [0.05, 0.1) is 6.42 Å². The zero-order valence-electron chi connectivity index (χ0n) is 8.55. The highest BCUT2D eigenvalue weighted by molar-refractivity contribution is 5.89. The SMILES string of the molecule is CCCCCCCCC(=O)CC=O. The minimum atomic E-state index is 0.0884. The van der Waals surface area contributed by atoms with E-state index in [1.165, 1.54) is 25.7 Å². The fourth-order valence-electron chi connectivity index (χ4n) is 1.30. The van der Waals surface area contributed by atoms with Gasteiger partial charge in [-0.1, -0.05) is 39.0 Å². The number of carbonyl (C=O) groups excluding carboxylic acids is 2. The van der Waals surface area contributed by atoms with Crippen LogP contribution in [0.2, 0.25) is 0 Å². The predicted octanol–water partition coefficient (Wildman–Crippen LogP) is 2.90. The number of hydrogen-bond donors (Lipinski definition) is 0. The van der Waals surface area contributed by atoms with E-state index < -0.39 is 0 Å². The third-order valence-electron chi connectivity index (χ3n) is 2.12. The molecule has 0 spiro atoms. The van der Waals surface area contributed by atoms with Crippen LogP contribution in [0.1, 0.15) is 58.3 Å². The summed E-state index contributed by atoms with van der Waals surface area (Å²) in [6.07, 6.45) is 8.52. The molecule has 0 saturated heterocycles. The summed E-state index contributed by atoms with van der Waals surface area (Å²) >= 11 is 0. The summed E-state index contributed by atoms with van der Waals surface area (Å²) in [6.45, 7) is 2.19. The van der Waals surface area contributed by atoms with Gasteiger partial charge in [0.1, 0.15) is 12.1 Å². The van der Waals surface area contributed by atoms with Gasteiger partial charge in [-0.3, -0.25) is 4.79 Å². The average Bonchev–Trinajstić information content (AvgIpc) is 2.11. The van der Waals surface area contributed by atoms with E-state index in [1.54, 1.807) is 0 Å². The van der Waals surface area contributed by atoms with Gasteiger partial charge >= 0.3 is 0 Å². The van der Waals surface area contributed by atoms with E-state index in [0.717, 1.165) is 12.8 Å². The Balaban J connectivity index is 3.06. The first-order valence-corrected chi connectivity index (χ1v) is 5.26. The van der Waals surface area contributed by atoms with Crippen LogP contribution in [0.15, 0.2) is 0 Å². The second kappa shape index (κ2) is 9.43. The highest BCUT2D eigenvalue weighted by atomic mass is 16.1. The van der Waals surface area contributed by atoms with E-state index in [2.05, 4.69) is 6.92 Å². The molecule has 0 aromatic rings. The maximum atomic E-state index is 10.9. The molecule has 0 heterocycles. The third-order valence-corrected chi connectivity index (χ3v) is 2.12.